The molecule has 1 saturated carbocycles. The molecule has 34 heavy (non-hydrogen) atoms. The lowest BCUT2D eigenvalue weighted by Gasteiger charge is -2.48. The Morgan fingerprint density at radius 3 is 2.68 bits per heavy atom. The van der Waals surface area contributed by atoms with Crippen LogP contribution in [0.15, 0.2) is 54.7 Å². The van der Waals surface area contributed by atoms with Gasteiger partial charge in [0.25, 0.3) is 0 Å². The van der Waals surface area contributed by atoms with Gasteiger partial charge in [-0.1, -0.05) is 43.3 Å². The van der Waals surface area contributed by atoms with E-state index in [4.69, 9.17) is 0 Å². The van der Waals surface area contributed by atoms with Crippen LogP contribution < -0.4 is 0 Å². The number of hydrogen-bond donors (Lipinski definition) is 2. The molecule has 1 aromatic heterocycles. The number of benzene rings is 2. The maximum absolute atomic E-state index is 14.9. The Balaban J connectivity index is 1.47. The van der Waals surface area contributed by atoms with Crippen LogP contribution in [0, 0.1) is 23.6 Å². The minimum Gasteiger partial charge on any atom is -0.481 e. The number of amides is 1. The first-order valence-electron chi connectivity index (χ1n) is 12.3. The molecule has 3 aromatic rings. The number of aliphatic carboxylic acids is 1. The highest BCUT2D eigenvalue weighted by molar-refractivity contribution is 5.86. The Labute approximate surface area is 199 Å². The number of rotatable bonds is 5. The molecule has 1 aliphatic carbocycles. The average Bonchev–Trinajstić information content (AvgIpc) is 3.27. The van der Waals surface area contributed by atoms with Gasteiger partial charge in [0.05, 0.1) is 5.92 Å². The van der Waals surface area contributed by atoms with Gasteiger partial charge in [-0.15, -0.1) is 0 Å². The van der Waals surface area contributed by atoms with Crippen LogP contribution in [0.5, 0.6) is 0 Å². The monoisotopic (exact) mass is 462 g/mol. The number of piperidine rings is 1. The molecule has 0 spiro atoms. The third-order valence-corrected chi connectivity index (χ3v) is 8.00. The number of carbonyl (C=O) groups excluding carboxylic acids is 1. The first-order chi connectivity index (χ1) is 16.4. The van der Waals surface area contributed by atoms with Crippen molar-refractivity contribution in [1.29, 1.82) is 0 Å². The normalized spacial score (nSPS) is 25.6. The van der Waals surface area contributed by atoms with Gasteiger partial charge in [0, 0.05) is 42.0 Å². The van der Waals surface area contributed by atoms with Gasteiger partial charge in [-0.05, 0) is 60.8 Å². The number of nitrogens with zero attached hydrogens (tertiary/aromatic N) is 1. The Hall–Kier alpha value is -3.15. The number of nitrogens with one attached hydrogen (secondary N) is 1. The highest BCUT2D eigenvalue weighted by Gasteiger charge is 2.45. The molecule has 2 heterocycles. The molecule has 2 aliphatic rings. The first kappa shape index (κ1) is 22.6. The highest BCUT2D eigenvalue weighted by Crippen LogP contribution is 2.43. The molecule has 2 N–H and O–H groups in total. The predicted molar refractivity (Wildman–Crippen MR) is 129 cm³/mol. The van der Waals surface area contributed by atoms with Crippen LogP contribution in [0.1, 0.15) is 56.1 Å². The summed E-state index contributed by atoms with van der Waals surface area (Å²) in [6.45, 7) is 2.64. The van der Waals surface area contributed by atoms with Crippen LogP contribution in [0.25, 0.3) is 10.9 Å². The molecule has 6 heteroatoms. The van der Waals surface area contributed by atoms with E-state index in [0.717, 1.165) is 30.4 Å². The lowest BCUT2D eigenvalue weighted by atomic mass is 9.68. The Morgan fingerprint density at radius 2 is 1.91 bits per heavy atom. The zero-order valence-electron chi connectivity index (χ0n) is 19.4. The molecule has 0 radical (unpaired) electrons. The van der Waals surface area contributed by atoms with Gasteiger partial charge in [-0.3, -0.25) is 9.59 Å². The fourth-order valence-corrected chi connectivity index (χ4v) is 6.33. The minimum absolute atomic E-state index is 0.000316. The molecule has 2 aromatic carbocycles. The molecule has 1 amide bonds. The topological polar surface area (TPSA) is 73.4 Å². The number of carboxylic acids is 1. The van der Waals surface area contributed by atoms with Crippen molar-refractivity contribution in [3.63, 3.8) is 0 Å². The molecule has 5 nitrogen and oxygen atoms in total. The third-order valence-electron chi connectivity index (χ3n) is 8.00. The number of fused-ring (bicyclic) bond motifs is 2. The van der Waals surface area contributed by atoms with E-state index in [0.29, 0.717) is 29.8 Å². The molecule has 178 valence electrons. The van der Waals surface area contributed by atoms with Crippen LogP contribution in [-0.2, 0) is 9.59 Å². The summed E-state index contributed by atoms with van der Waals surface area (Å²) in [6.07, 6.45) is 5.24. The summed E-state index contributed by atoms with van der Waals surface area (Å²) < 4.78 is 14.9. The molecule has 1 aliphatic heterocycles. The SMILES string of the molecule is CC1CCC2C(C1)C(C(=O)O)CCN2C(=O)CC(c1ccccc1)c1c[nH]c2cccc(F)c12. The van der Waals surface area contributed by atoms with E-state index in [2.05, 4.69) is 11.9 Å². The minimum atomic E-state index is -0.743. The van der Waals surface area contributed by atoms with Gasteiger partial charge < -0.3 is 15.0 Å². The number of carbonyl (C=O) groups is 2. The van der Waals surface area contributed by atoms with Crippen LogP contribution >= 0.6 is 0 Å². The second-order valence-electron chi connectivity index (χ2n) is 10.0. The van der Waals surface area contributed by atoms with Crippen LogP contribution in [0.3, 0.4) is 0 Å². The number of likely N-dealkylation sites (tertiary alicyclic amines) is 1. The van der Waals surface area contributed by atoms with E-state index in [1.165, 1.54) is 6.07 Å². The average molecular weight is 463 g/mol. The van der Waals surface area contributed by atoms with Crippen molar-refractivity contribution < 1.29 is 19.1 Å². The Bertz CT molecular complexity index is 1190. The van der Waals surface area contributed by atoms with Crippen molar-refractivity contribution in [1.82, 2.24) is 9.88 Å². The van der Waals surface area contributed by atoms with E-state index in [9.17, 15) is 19.1 Å². The lowest BCUT2D eigenvalue weighted by molar-refractivity contribution is -0.154. The summed E-state index contributed by atoms with van der Waals surface area (Å²) in [5.74, 6) is -1.22. The van der Waals surface area contributed by atoms with Crippen molar-refractivity contribution in [2.75, 3.05) is 6.54 Å². The first-order valence-corrected chi connectivity index (χ1v) is 12.3. The van der Waals surface area contributed by atoms with Crippen LogP contribution in [-0.4, -0.2) is 39.5 Å². The predicted octanol–water partition coefficient (Wildman–Crippen LogP) is 5.57. The van der Waals surface area contributed by atoms with Crippen LogP contribution in [0.4, 0.5) is 4.39 Å². The van der Waals surface area contributed by atoms with Crippen molar-refractivity contribution in [3.8, 4) is 0 Å². The van der Waals surface area contributed by atoms with Gasteiger partial charge in [0.2, 0.25) is 5.91 Å². The van der Waals surface area contributed by atoms with Gasteiger partial charge in [0.1, 0.15) is 5.82 Å². The second kappa shape index (κ2) is 9.24. The summed E-state index contributed by atoms with van der Waals surface area (Å²) >= 11 is 0. The van der Waals surface area contributed by atoms with E-state index >= 15 is 0 Å². The highest BCUT2D eigenvalue weighted by atomic mass is 19.1. The quantitative estimate of drug-likeness (QED) is 0.521. The molecule has 5 atom stereocenters. The largest absolute Gasteiger partial charge is 0.481 e. The van der Waals surface area contributed by atoms with Crippen molar-refractivity contribution in [3.05, 3.63) is 71.7 Å². The number of halogens is 1. The standard InChI is InChI=1S/C28H31FN2O3/c1-17-10-11-25-21(14-17)19(28(33)34)12-13-31(25)26(32)15-20(18-6-3-2-4-7-18)22-16-30-24-9-5-8-23(29)27(22)24/h2-9,16-17,19-21,25,30H,10-15H2,1H3,(H,33,34). The van der Waals surface area contributed by atoms with Crippen molar-refractivity contribution >= 4 is 22.8 Å². The zero-order chi connectivity index (χ0) is 23.8. The van der Waals surface area contributed by atoms with Gasteiger partial charge >= 0.3 is 5.97 Å². The third kappa shape index (κ3) is 4.10. The van der Waals surface area contributed by atoms with Crippen molar-refractivity contribution in [2.45, 2.75) is 51.0 Å². The molecule has 2 fully saturated rings. The second-order valence-corrected chi connectivity index (χ2v) is 10.0. The smallest absolute Gasteiger partial charge is 0.306 e. The molecule has 5 unspecified atom stereocenters. The van der Waals surface area contributed by atoms with Gasteiger partial charge in [-0.2, -0.15) is 0 Å². The summed E-state index contributed by atoms with van der Waals surface area (Å²) in [5, 5.41) is 10.3. The summed E-state index contributed by atoms with van der Waals surface area (Å²) in [4.78, 5) is 30.8. The summed E-state index contributed by atoms with van der Waals surface area (Å²) in [6, 6.07) is 14.7. The van der Waals surface area contributed by atoms with Crippen LogP contribution in [0.2, 0.25) is 0 Å². The molecular formula is C28H31FN2O3. The van der Waals surface area contributed by atoms with E-state index in [1.807, 2.05) is 47.5 Å². The zero-order valence-corrected chi connectivity index (χ0v) is 19.4. The number of H-pyrrole nitrogens is 1. The van der Waals surface area contributed by atoms with E-state index in [1.54, 1.807) is 6.07 Å². The Morgan fingerprint density at radius 1 is 1.12 bits per heavy atom. The van der Waals surface area contributed by atoms with E-state index < -0.39 is 5.97 Å². The maximum atomic E-state index is 14.9. The molecule has 5 rings (SSSR count). The van der Waals surface area contributed by atoms with Gasteiger partial charge in [0.15, 0.2) is 0 Å². The molecule has 0 bridgehead atoms. The molecular weight excluding hydrogens is 431 g/mol. The Kier molecular flexibility index (Phi) is 6.15. The van der Waals surface area contributed by atoms with Gasteiger partial charge in [-0.25, -0.2) is 4.39 Å². The summed E-state index contributed by atoms with van der Waals surface area (Å²) in [5.41, 5.74) is 2.46. The number of carboxylic acid groups (broad SMARTS) is 1. The molecule has 1 saturated heterocycles. The van der Waals surface area contributed by atoms with Crippen molar-refractivity contribution in [2.24, 2.45) is 17.8 Å². The van der Waals surface area contributed by atoms with E-state index in [-0.39, 0.29) is 41.9 Å². The summed E-state index contributed by atoms with van der Waals surface area (Å²) in [7, 11) is 0. The number of aromatic amines is 1. The number of hydrogen-bond acceptors (Lipinski definition) is 2. The lowest BCUT2D eigenvalue weighted by Crippen LogP contribution is -2.55. The fraction of sp³-hybridized carbons (Fsp3) is 0.429. The number of aromatic nitrogens is 1. The fourth-order valence-electron chi connectivity index (χ4n) is 6.33. The maximum Gasteiger partial charge on any atom is 0.306 e.